The van der Waals surface area contributed by atoms with Crippen LogP contribution in [0.2, 0.25) is 0 Å². The Bertz CT molecular complexity index is 1200. The minimum atomic E-state index is -1.06. The normalized spacial score (nSPS) is 11.1. The van der Waals surface area contributed by atoms with Gasteiger partial charge in [0, 0.05) is 23.3 Å². The molecule has 0 atom stereocenters. The molecule has 0 saturated carbocycles. The Labute approximate surface area is 174 Å². The number of hydrogen-bond donors (Lipinski definition) is 1. The van der Waals surface area contributed by atoms with Crippen molar-refractivity contribution in [1.82, 2.24) is 9.55 Å². The third-order valence-electron chi connectivity index (χ3n) is 4.60. The van der Waals surface area contributed by atoms with Crippen molar-refractivity contribution in [2.24, 2.45) is 0 Å². The number of carboxylic acid groups (broad SMARTS) is 1. The molecule has 0 aliphatic heterocycles. The Morgan fingerprint density at radius 2 is 1.83 bits per heavy atom. The molecule has 0 fully saturated rings. The molecule has 6 nitrogen and oxygen atoms in total. The topological polar surface area (TPSA) is 73.6 Å². The molecule has 30 heavy (non-hydrogen) atoms. The molecule has 0 bridgehead atoms. The van der Waals surface area contributed by atoms with E-state index in [0.29, 0.717) is 11.3 Å². The first-order chi connectivity index (χ1) is 14.4. The van der Waals surface area contributed by atoms with E-state index in [0.717, 1.165) is 22.5 Å². The summed E-state index contributed by atoms with van der Waals surface area (Å²) in [5.41, 5.74) is 2.62. The third-order valence-corrected chi connectivity index (χ3v) is 4.60. The lowest BCUT2D eigenvalue weighted by Crippen LogP contribution is -2.06. The summed E-state index contributed by atoms with van der Waals surface area (Å²) in [7, 11) is 0. The summed E-state index contributed by atoms with van der Waals surface area (Å²) in [5.74, 6) is 0.209. The van der Waals surface area contributed by atoms with Crippen molar-refractivity contribution in [3.05, 3.63) is 78.0 Å². The largest absolute Gasteiger partial charge is 0.491 e. The maximum Gasteiger partial charge on any atom is 0.341 e. The Morgan fingerprint density at radius 1 is 1.07 bits per heavy atom. The number of benzene rings is 2. The highest BCUT2D eigenvalue weighted by Crippen LogP contribution is 2.38. The van der Waals surface area contributed by atoms with Crippen LogP contribution in [-0.2, 0) is 0 Å². The Kier molecular flexibility index (Phi) is 5.14. The van der Waals surface area contributed by atoms with Crippen molar-refractivity contribution in [3.63, 3.8) is 0 Å². The maximum absolute atomic E-state index is 12.2. The first-order valence-electron chi connectivity index (χ1n) is 9.68. The summed E-state index contributed by atoms with van der Waals surface area (Å²) in [6.07, 6.45) is 1.66. The van der Waals surface area contributed by atoms with Crippen molar-refractivity contribution in [1.29, 1.82) is 0 Å². The lowest BCUT2D eigenvalue weighted by molar-refractivity contribution is 0.0696. The van der Waals surface area contributed by atoms with Gasteiger partial charge in [-0.25, -0.2) is 9.78 Å². The van der Waals surface area contributed by atoms with Gasteiger partial charge >= 0.3 is 5.97 Å². The van der Waals surface area contributed by atoms with Crippen molar-refractivity contribution >= 4 is 16.9 Å². The van der Waals surface area contributed by atoms with E-state index in [4.69, 9.17) is 9.47 Å². The van der Waals surface area contributed by atoms with E-state index in [1.54, 1.807) is 29.0 Å². The number of aryl methyl sites for hydroxylation is 1. The van der Waals surface area contributed by atoms with Crippen LogP contribution >= 0.6 is 0 Å². The molecule has 2 aromatic heterocycles. The monoisotopic (exact) mass is 402 g/mol. The van der Waals surface area contributed by atoms with E-state index in [1.807, 2.05) is 63.2 Å². The second-order valence-corrected chi connectivity index (χ2v) is 7.27. The van der Waals surface area contributed by atoms with Gasteiger partial charge < -0.3 is 14.6 Å². The highest BCUT2D eigenvalue weighted by molar-refractivity contribution is 6.07. The minimum Gasteiger partial charge on any atom is -0.491 e. The fourth-order valence-electron chi connectivity index (χ4n) is 3.39. The molecule has 0 unspecified atom stereocenters. The average molecular weight is 402 g/mol. The van der Waals surface area contributed by atoms with Crippen LogP contribution in [-0.4, -0.2) is 26.7 Å². The number of nitrogens with zero attached hydrogens (tertiary/aromatic N) is 2. The van der Waals surface area contributed by atoms with Gasteiger partial charge in [-0.05, 0) is 62.7 Å². The lowest BCUT2D eigenvalue weighted by atomic mass is 10.1. The van der Waals surface area contributed by atoms with E-state index in [-0.39, 0.29) is 17.5 Å². The van der Waals surface area contributed by atoms with Crippen LogP contribution in [0, 0.1) is 6.92 Å². The zero-order chi connectivity index (χ0) is 21.3. The van der Waals surface area contributed by atoms with Crippen molar-refractivity contribution in [2.45, 2.75) is 26.9 Å². The van der Waals surface area contributed by atoms with Gasteiger partial charge in [-0.15, -0.1) is 0 Å². The van der Waals surface area contributed by atoms with E-state index >= 15 is 0 Å². The number of aromatic nitrogens is 2. The SMILES string of the molecule is Cc1ccc2c(C(=O)O)c(Oc3ccccn3)n(-c3ccc(OC(C)C)cc3)c2c1. The molecule has 2 aromatic carbocycles. The molecule has 0 saturated heterocycles. The van der Waals surface area contributed by atoms with Crippen molar-refractivity contribution < 1.29 is 19.4 Å². The number of aromatic carboxylic acids is 1. The summed E-state index contributed by atoms with van der Waals surface area (Å²) in [4.78, 5) is 16.4. The zero-order valence-corrected chi connectivity index (χ0v) is 17.0. The van der Waals surface area contributed by atoms with Crippen LogP contribution < -0.4 is 9.47 Å². The summed E-state index contributed by atoms with van der Waals surface area (Å²) >= 11 is 0. The summed E-state index contributed by atoms with van der Waals surface area (Å²) in [5, 5.41) is 10.6. The number of fused-ring (bicyclic) bond motifs is 1. The number of carboxylic acids is 1. The summed E-state index contributed by atoms with van der Waals surface area (Å²) in [6, 6.07) is 18.4. The molecule has 0 radical (unpaired) electrons. The van der Waals surface area contributed by atoms with Gasteiger partial charge in [-0.2, -0.15) is 0 Å². The third kappa shape index (κ3) is 3.72. The quantitative estimate of drug-likeness (QED) is 0.454. The van der Waals surface area contributed by atoms with Crippen LogP contribution in [0.15, 0.2) is 66.9 Å². The minimum absolute atomic E-state index is 0.0626. The van der Waals surface area contributed by atoms with Gasteiger partial charge in [0.1, 0.15) is 11.3 Å². The fraction of sp³-hybridized carbons (Fsp3) is 0.167. The lowest BCUT2D eigenvalue weighted by Gasteiger charge is -2.14. The zero-order valence-electron chi connectivity index (χ0n) is 17.0. The van der Waals surface area contributed by atoms with Crippen molar-refractivity contribution in [3.8, 4) is 23.2 Å². The van der Waals surface area contributed by atoms with Gasteiger partial charge in [0.15, 0.2) is 0 Å². The molecule has 0 aliphatic rings. The number of pyridine rings is 1. The number of ether oxygens (including phenoxy) is 2. The molecule has 0 aliphatic carbocycles. The molecule has 2 heterocycles. The van der Waals surface area contributed by atoms with Crippen molar-refractivity contribution in [2.75, 3.05) is 0 Å². The van der Waals surface area contributed by atoms with Crippen LogP contribution in [0.25, 0.3) is 16.6 Å². The van der Waals surface area contributed by atoms with Crippen LogP contribution in [0.4, 0.5) is 0 Å². The highest BCUT2D eigenvalue weighted by Gasteiger charge is 2.25. The molecule has 6 heteroatoms. The molecule has 1 N–H and O–H groups in total. The van der Waals surface area contributed by atoms with Gasteiger partial charge in [0.25, 0.3) is 0 Å². The molecule has 152 valence electrons. The van der Waals surface area contributed by atoms with Crippen LogP contribution in [0.1, 0.15) is 29.8 Å². The van der Waals surface area contributed by atoms with E-state index in [2.05, 4.69) is 4.98 Å². The first kappa shape index (κ1) is 19.5. The molecule has 4 rings (SSSR count). The van der Waals surface area contributed by atoms with E-state index in [1.165, 1.54) is 0 Å². The smallest absolute Gasteiger partial charge is 0.341 e. The van der Waals surface area contributed by atoms with Gasteiger partial charge in [-0.1, -0.05) is 18.2 Å². The Morgan fingerprint density at radius 3 is 2.47 bits per heavy atom. The molecular weight excluding hydrogens is 380 g/mol. The predicted octanol–water partition coefficient (Wildman–Crippen LogP) is 5.61. The van der Waals surface area contributed by atoms with Gasteiger partial charge in [0.05, 0.1) is 11.6 Å². The Balaban J connectivity index is 1.95. The number of carbonyl (C=O) groups is 1. The van der Waals surface area contributed by atoms with E-state index < -0.39 is 5.97 Å². The average Bonchev–Trinajstić information content (AvgIpc) is 3.02. The highest BCUT2D eigenvalue weighted by atomic mass is 16.5. The molecular formula is C24H22N2O4. The molecule has 4 aromatic rings. The van der Waals surface area contributed by atoms with Crippen LogP contribution in [0.5, 0.6) is 17.5 Å². The second-order valence-electron chi connectivity index (χ2n) is 7.27. The van der Waals surface area contributed by atoms with Crippen LogP contribution in [0.3, 0.4) is 0 Å². The maximum atomic E-state index is 12.2. The van der Waals surface area contributed by atoms with Gasteiger partial charge in [-0.3, -0.25) is 4.57 Å². The first-order valence-corrected chi connectivity index (χ1v) is 9.68. The second kappa shape index (κ2) is 7.91. The van der Waals surface area contributed by atoms with Gasteiger partial charge in [0.2, 0.25) is 11.8 Å². The number of hydrogen-bond acceptors (Lipinski definition) is 4. The standard InChI is InChI=1S/C24H22N2O4/c1-15(2)29-18-10-8-17(9-11-18)26-20-14-16(3)7-12-19(20)22(24(27)28)23(26)30-21-6-4-5-13-25-21/h4-15H,1-3H3,(H,27,28). The fourth-order valence-corrected chi connectivity index (χ4v) is 3.39. The van der Waals surface area contributed by atoms with E-state index in [9.17, 15) is 9.90 Å². The molecule has 0 spiro atoms. The molecule has 0 amide bonds. The number of rotatable bonds is 6. The Hall–Kier alpha value is -3.80. The summed E-state index contributed by atoms with van der Waals surface area (Å²) in [6.45, 7) is 5.90. The predicted molar refractivity (Wildman–Crippen MR) is 115 cm³/mol. The summed E-state index contributed by atoms with van der Waals surface area (Å²) < 4.78 is 13.6.